The Labute approximate surface area is 185 Å². The topological polar surface area (TPSA) is 97.7 Å². The number of hydrogen-bond donors (Lipinski definition) is 2. The third kappa shape index (κ3) is 8.49. The predicted octanol–water partition coefficient (Wildman–Crippen LogP) is 2.97. The van der Waals surface area contributed by atoms with Crippen LogP contribution in [-0.4, -0.2) is 70.9 Å². The molecule has 1 aromatic rings. The van der Waals surface area contributed by atoms with Gasteiger partial charge in [0.15, 0.2) is 5.82 Å². The van der Waals surface area contributed by atoms with E-state index in [0.29, 0.717) is 12.2 Å². The number of hydrogen-bond acceptors (Lipinski definition) is 6. The van der Waals surface area contributed by atoms with Crippen LogP contribution in [0.3, 0.4) is 0 Å². The summed E-state index contributed by atoms with van der Waals surface area (Å²) in [6.07, 6.45) is 5.19. The highest BCUT2D eigenvalue weighted by molar-refractivity contribution is 5.95. The number of nitrogens with zero attached hydrogens (tertiary/aromatic N) is 3. The van der Waals surface area contributed by atoms with Crippen molar-refractivity contribution < 1.29 is 19.1 Å². The molecule has 0 aliphatic carbocycles. The average Bonchev–Trinajstić information content (AvgIpc) is 3.15. The van der Waals surface area contributed by atoms with Gasteiger partial charge in [0.1, 0.15) is 11.6 Å². The Morgan fingerprint density at radius 3 is 2.52 bits per heavy atom. The number of carbonyl (C=O) groups is 2. The van der Waals surface area contributed by atoms with E-state index in [0.717, 1.165) is 45.7 Å². The summed E-state index contributed by atoms with van der Waals surface area (Å²) in [6.45, 7) is 16.1. The first kappa shape index (κ1) is 25.1. The first-order valence-electron chi connectivity index (χ1n) is 11.1. The van der Waals surface area contributed by atoms with Gasteiger partial charge in [-0.15, -0.1) is 0 Å². The molecule has 9 nitrogen and oxygen atoms in total. The van der Waals surface area contributed by atoms with E-state index >= 15 is 0 Å². The molecule has 2 rings (SSSR count). The van der Waals surface area contributed by atoms with Gasteiger partial charge in [0.25, 0.3) is 0 Å². The molecule has 2 heterocycles. The minimum absolute atomic E-state index is 0.147. The van der Waals surface area contributed by atoms with Crippen LogP contribution in [0.1, 0.15) is 60.8 Å². The molecule has 9 heteroatoms. The Morgan fingerprint density at radius 1 is 1.23 bits per heavy atom. The van der Waals surface area contributed by atoms with Crippen LogP contribution in [-0.2, 0) is 19.8 Å². The smallest absolute Gasteiger partial charge is 0.408 e. The van der Waals surface area contributed by atoms with Crippen molar-refractivity contribution in [2.45, 2.75) is 78.0 Å². The molecule has 2 amide bonds. The van der Waals surface area contributed by atoms with Crippen molar-refractivity contribution in [3.05, 3.63) is 12.5 Å². The number of anilines is 1. The van der Waals surface area contributed by atoms with Gasteiger partial charge in [0.2, 0.25) is 5.91 Å². The molecule has 2 N–H and O–H groups in total. The van der Waals surface area contributed by atoms with Crippen molar-refractivity contribution in [3.63, 3.8) is 0 Å². The zero-order chi connectivity index (χ0) is 23.1. The summed E-state index contributed by atoms with van der Waals surface area (Å²) in [6, 6.07) is -0.681. The van der Waals surface area contributed by atoms with Crippen LogP contribution < -0.4 is 10.6 Å². The molecule has 1 fully saturated rings. The normalized spacial score (nSPS) is 16.6. The van der Waals surface area contributed by atoms with Crippen molar-refractivity contribution in [2.75, 3.05) is 38.2 Å². The fourth-order valence-electron chi connectivity index (χ4n) is 3.32. The maximum atomic E-state index is 12.7. The summed E-state index contributed by atoms with van der Waals surface area (Å²) in [5.41, 5.74) is -0.769. The molecule has 1 aromatic heterocycles. The molecule has 31 heavy (non-hydrogen) atoms. The Morgan fingerprint density at radius 2 is 1.90 bits per heavy atom. The highest BCUT2D eigenvalue weighted by Crippen LogP contribution is 2.22. The van der Waals surface area contributed by atoms with Crippen molar-refractivity contribution in [2.24, 2.45) is 0 Å². The fourth-order valence-corrected chi connectivity index (χ4v) is 3.32. The second-order valence-electron chi connectivity index (χ2n) is 9.66. The summed E-state index contributed by atoms with van der Waals surface area (Å²) < 4.78 is 12.7. The molecule has 1 aliphatic heterocycles. The van der Waals surface area contributed by atoms with Crippen molar-refractivity contribution in [1.82, 2.24) is 19.8 Å². The van der Waals surface area contributed by atoms with Crippen molar-refractivity contribution in [1.29, 1.82) is 0 Å². The van der Waals surface area contributed by atoms with E-state index in [2.05, 4.69) is 34.4 Å². The minimum atomic E-state index is -0.681. The van der Waals surface area contributed by atoms with E-state index in [9.17, 15) is 9.59 Å². The van der Waals surface area contributed by atoms with Crippen LogP contribution in [0.15, 0.2) is 12.5 Å². The molecule has 0 bridgehead atoms. The number of carbonyl (C=O) groups excluding carboxylic acids is 2. The van der Waals surface area contributed by atoms with Gasteiger partial charge < -0.3 is 24.7 Å². The highest BCUT2D eigenvalue weighted by atomic mass is 16.6. The molecular formula is C22H39N5O4. The lowest BCUT2D eigenvalue weighted by Crippen LogP contribution is -2.45. The Bertz CT molecular complexity index is 720. The monoisotopic (exact) mass is 437 g/mol. The second kappa shape index (κ2) is 10.9. The molecule has 0 spiro atoms. The number of nitrogens with one attached hydrogen (secondary N) is 2. The van der Waals surface area contributed by atoms with Crippen LogP contribution in [0.5, 0.6) is 0 Å². The molecule has 1 aliphatic rings. The first-order valence-corrected chi connectivity index (χ1v) is 11.1. The zero-order valence-electron chi connectivity index (χ0n) is 19.9. The van der Waals surface area contributed by atoms with Crippen LogP contribution in [0.4, 0.5) is 10.6 Å². The maximum absolute atomic E-state index is 12.7. The van der Waals surface area contributed by atoms with Gasteiger partial charge in [-0.1, -0.05) is 13.3 Å². The zero-order valence-corrected chi connectivity index (χ0v) is 19.9. The van der Waals surface area contributed by atoms with Crippen LogP contribution in [0, 0.1) is 0 Å². The number of ether oxygens (including phenoxy) is 2. The maximum Gasteiger partial charge on any atom is 0.408 e. The molecule has 0 aromatic carbocycles. The molecule has 1 atom stereocenters. The first-order chi connectivity index (χ1) is 14.5. The molecule has 1 saturated heterocycles. The summed E-state index contributed by atoms with van der Waals surface area (Å²) >= 11 is 0. The standard InChI is InChI=1S/C22H39N5O4/c1-7-8-17(24-20(29)31-21(2,3)4)19(28)25-18-15-27(16-23-18)22(5,6)9-10-26-11-13-30-14-12-26/h15-17H,7-14H2,1-6H3,(H,24,29)(H,25,28). The van der Waals surface area contributed by atoms with E-state index in [1.807, 2.05) is 17.7 Å². The third-order valence-corrected chi connectivity index (χ3v) is 5.26. The SMILES string of the molecule is CCCC(NC(=O)OC(C)(C)C)C(=O)Nc1cn(C(C)(C)CCN2CCOCC2)cn1. The number of amides is 2. The second-order valence-corrected chi connectivity index (χ2v) is 9.66. The summed E-state index contributed by atoms with van der Waals surface area (Å²) in [4.78, 5) is 31.6. The van der Waals surface area contributed by atoms with Gasteiger partial charge in [0.05, 0.1) is 19.5 Å². The summed E-state index contributed by atoms with van der Waals surface area (Å²) in [7, 11) is 0. The van der Waals surface area contributed by atoms with E-state index in [-0.39, 0.29) is 11.4 Å². The van der Waals surface area contributed by atoms with E-state index in [4.69, 9.17) is 9.47 Å². The van der Waals surface area contributed by atoms with Gasteiger partial charge in [-0.3, -0.25) is 9.69 Å². The quantitative estimate of drug-likeness (QED) is 0.616. The molecule has 0 radical (unpaired) electrons. The van der Waals surface area contributed by atoms with Gasteiger partial charge in [0, 0.05) is 31.4 Å². The lowest BCUT2D eigenvalue weighted by Gasteiger charge is -2.32. The minimum Gasteiger partial charge on any atom is -0.444 e. The Balaban J connectivity index is 1.93. The summed E-state index contributed by atoms with van der Waals surface area (Å²) in [5, 5.41) is 5.49. The number of imidazole rings is 1. The number of aromatic nitrogens is 2. The highest BCUT2D eigenvalue weighted by Gasteiger charge is 2.26. The van der Waals surface area contributed by atoms with Crippen LogP contribution in [0.2, 0.25) is 0 Å². The number of morpholine rings is 1. The number of rotatable bonds is 9. The lowest BCUT2D eigenvalue weighted by atomic mass is 10.00. The summed E-state index contributed by atoms with van der Waals surface area (Å²) in [5.74, 6) is 0.167. The molecular weight excluding hydrogens is 398 g/mol. The van der Waals surface area contributed by atoms with E-state index in [1.54, 1.807) is 27.1 Å². The lowest BCUT2D eigenvalue weighted by molar-refractivity contribution is -0.118. The Kier molecular flexibility index (Phi) is 8.88. The molecule has 176 valence electrons. The van der Waals surface area contributed by atoms with Gasteiger partial charge in [-0.2, -0.15) is 0 Å². The fraction of sp³-hybridized carbons (Fsp3) is 0.773. The predicted molar refractivity (Wildman–Crippen MR) is 120 cm³/mol. The van der Waals surface area contributed by atoms with Crippen molar-refractivity contribution >= 4 is 17.8 Å². The molecule has 0 saturated carbocycles. The van der Waals surface area contributed by atoms with E-state index in [1.165, 1.54) is 0 Å². The third-order valence-electron chi connectivity index (χ3n) is 5.26. The van der Waals surface area contributed by atoms with E-state index < -0.39 is 17.7 Å². The van der Waals surface area contributed by atoms with Crippen molar-refractivity contribution in [3.8, 4) is 0 Å². The van der Waals surface area contributed by atoms with Gasteiger partial charge >= 0.3 is 6.09 Å². The number of alkyl carbamates (subject to hydrolysis) is 1. The van der Waals surface area contributed by atoms with Crippen LogP contribution in [0.25, 0.3) is 0 Å². The largest absolute Gasteiger partial charge is 0.444 e. The average molecular weight is 438 g/mol. The van der Waals surface area contributed by atoms with Crippen LogP contribution >= 0.6 is 0 Å². The molecule has 1 unspecified atom stereocenters. The van der Waals surface area contributed by atoms with Gasteiger partial charge in [-0.25, -0.2) is 9.78 Å². The Hall–Kier alpha value is -2.13. The van der Waals surface area contributed by atoms with Gasteiger partial charge in [-0.05, 0) is 47.5 Å².